The first-order valence-corrected chi connectivity index (χ1v) is 19.2. The van der Waals surface area contributed by atoms with Crippen molar-refractivity contribution in [2.24, 2.45) is 0 Å². The van der Waals surface area contributed by atoms with E-state index < -0.39 is 36.0 Å². The van der Waals surface area contributed by atoms with E-state index in [1.54, 1.807) is 28.9 Å². The van der Waals surface area contributed by atoms with Crippen molar-refractivity contribution >= 4 is 47.0 Å². The van der Waals surface area contributed by atoms with Crippen molar-refractivity contribution in [3.63, 3.8) is 0 Å². The molecule has 16 heteroatoms. The molecule has 3 heterocycles. The molecule has 7 rings (SSSR count). The third kappa shape index (κ3) is 9.21. The fourth-order valence-corrected chi connectivity index (χ4v) is 7.37. The van der Waals surface area contributed by atoms with Gasteiger partial charge in [0, 0.05) is 25.1 Å². The third-order valence-corrected chi connectivity index (χ3v) is 10.3. The van der Waals surface area contributed by atoms with Crippen molar-refractivity contribution in [2.45, 2.75) is 55.4 Å². The number of rotatable bonds is 13. The van der Waals surface area contributed by atoms with Crippen LogP contribution in [0, 0.1) is 0 Å². The van der Waals surface area contributed by atoms with Crippen LogP contribution in [-0.2, 0) is 19.2 Å². The number of amides is 5. The first kappa shape index (κ1) is 37.8. The average Bonchev–Trinajstić information content (AvgIpc) is 3.67. The SMILES string of the molecule is O=C(CSc1nnnn1-c1ccccc1)CC(NC(=O)[C@@H]1CCCN2C(=O)CCC(NC(=O)Nc3ccc(Oc4ccccc4)cc3)C(=O)N12)c1ccccc1. The Hall–Kier alpha value is -6.55. The van der Waals surface area contributed by atoms with Gasteiger partial charge < -0.3 is 20.7 Å². The van der Waals surface area contributed by atoms with Crippen LogP contribution in [0.25, 0.3) is 5.69 Å². The lowest BCUT2D eigenvalue weighted by atomic mass is 10.00. The normalized spacial score (nSPS) is 17.3. The highest BCUT2D eigenvalue weighted by Gasteiger charge is 2.45. The number of nitrogens with zero attached hydrogens (tertiary/aromatic N) is 6. The molecule has 5 aromatic rings. The number of hydrazine groups is 1. The van der Waals surface area contributed by atoms with Crippen LogP contribution in [0.1, 0.15) is 43.7 Å². The lowest BCUT2D eigenvalue weighted by Gasteiger charge is -2.43. The molecule has 1 aromatic heterocycles. The van der Waals surface area contributed by atoms with Gasteiger partial charge in [0.15, 0.2) is 0 Å². The van der Waals surface area contributed by atoms with E-state index in [-0.39, 0.29) is 49.7 Å². The second-order valence-electron chi connectivity index (χ2n) is 13.2. The summed E-state index contributed by atoms with van der Waals surface area (Å²) in [6, 6.07) is 31.0. The second kappa shape index (κ2) is 17.7. The molecule has 5 amide bonds. The lowest BCUT2D eigenvalue weighted by molar-refractivity contribution is -0.176. The minimum atomic E-state index is -1.08. The molecule has 56 heavy (non-hydrogen) atoms. The van der Waals surface area contributed by atoms with Gasteiger partial charge in [0.2, 0.25) is 17.0 Å². The van der Waals surface area contributed by atoms with Crippen molar-refractivity contribution in [1.82, 2.24) is 40.9 Å². The predicted molar refractivity (Wildman–Crippen MR) is 207 cm³/mol. The number of hydrogen-bond acceptors (Lipinski definition) is 10. The lowest BCUT2D eigenvalue weighted by Crippen LogP contribution is -2.64. The first-order chi connectivity index (χ1) is 27.3. The number of benzene rings is 4. The standard InChI is InChI=1S/C40H39N9O6S/c50-30(26-56-40-44-45-46-48(40)29-13-6-2-7-14-29)25-34(27-11-4-1-5-12-27)42-37(52)35-17-10-24-47-36(51)23-22-33(38(53)49(35)47)43-39(54)41-28-18-20-32(21-19-28)55-31-15-8-3-9-16-31/h1-9,11-16,18-21,33-35H,10,17,22-26H2,(H,42,52)(H2,41,43,54)/t33?,34?,35-/m0/s1. The average molecular weight is 774 g/mol. The number of para-hydroxylation sites is 2. The van der Waals surface area contributed by atoms with Crippen LogP contribution >= 0.6 is 11.8 Å². The molecular formula is C40H39N9O6S. The topological polar surface area (TPSA) is 181 Å². The molecule has 0 spiro atoms. The van der Waals surface area contributed by atoms with Crippen molar-refractivity contribution in [3.8, 4) is 17.2 Å². The molecule has 2 fully saturated rings. The number of carbonyl (C=O) groups excluding carboxylic acids is 5. The summed E-state index contributed by atoms with van der Waals surface area (Å²) in [5.41, 5.74) is 1.92. The maximum Gasteiger partial charge on any atom is 0.319 e. The van der Waals surface area contributed by atoms with Gasteiger partial charge in [-0.25, -0.2) is 9.80 Å². The highest BCUT2D eigenvalue weighted by molar-refractivity contribution is 7.99. The zero-order chi connectivity index (χ0) is 38.9. The molecule has 0 saturated carbocycles. The Kier molecular flexibility index (Phi) is 11.9. The van der Waals surface area contributed by atoms with Gasteiger partial charge in [-0.15, -0.1) is 5.10 Å². The summed E-state index contributed by atoms with van der Waals surface area (Å²) in [6.07, 6.45) is 0.785. The van der Waals surface area contributed by atoms with E-state index >= 15 is 0 Å². The van der Waals surface area contributed by atoms with Gasteiger partial charge in [-0.1, -0.05) is 78.5 Å². The van der Waals surface area contributed by atoms with Crippen molar-refractivity contribution < 1.29 is 28.7 Å². The first-order valence-electron chi connectivity index (χ1n) is 18.2. The van der Waals surface area contributed by atoms with Gasteiger partial charge >= 0.3 is 6.03 Å². The number of urea groups is 1. The maximum atomic E-state index is 14.1. The molecule has 0 radical (unpaired) electrons. The van der Waals surface area contributed by atoms with Crippen molar-refractivity contribution in [2.75, 3.05) is 17.6 Å². The van der Waals surface area contributed by atoms with Crippen LogP contribution in [0.15, 0.2) is 120 Å². The Bertz CT molecular complexity index is 2160. The summed E-state index contributed by atoms with van der Waals surface area (Å²) in [5, 5.41) is 23.3. The summed E-state index contributed by atoms with van der Waals surface area (Å²) in [6.45, 7) is 0.255. The van der Waals surface area contributed by atoms with Crippen LogP contribution in [0.5, 0.6) is 11.5 Å². The molecule has 3 N–H and O–H groups in total. The Balaban J connectivity index is 1.01. The van der Waals surface area contributed by atoms with E-state index in [9.17, 15) is 24.0 Å². The van der Waals surface area contributed by atoms with Gasteiger partial charge in [-0.05, 0) is 83.8 Å². The van der Waals surface area contributed by atoms with Crippen LogP contribution < -0.4 is 20.7 Å². The second-order valence-corrected chi connectivity index (χ2v) is 14.1. The van der Waals surface area contributed by atoms with Gasteiger partial charge in [0.1, 0.15) is 29.4 Å². The molecule has 2 unspecified atom stereocenters. The maximum absolute atomic E-state index is 14.1. The van der Waals surface area contributed by atoms with Crippen LogP contribution in [0.4, 0.5) is 10.5 Å². The van der Waals surface area contributed by atoms with E-state index in [2.05, 4.69) is 31.5 Å². The van der Waals surface area contributed by atoms with E-state index in [0.717, 1.165) is 5.69 Å². The molecule has 0 bridgehead atoms. The fraction of sp³-hybridized carbons (Fsp3) is 0.250. The number of fused-ring (bicyclic) bond motifs is 1. The Morgan fingerprint density at radius 3 is 2.25 bits per heavy atom. The van der Waals surface area contributed by atoms with Gasteiger partial charge in [-0.2, -0.15) is 4.68 Å². The number of nitrogens with one attached hydrogen (secondary N) is 3. The monoisotopic (exact) mass is 773 g/mol. The van der Waals surface area contributed by atoms with Crippen LogP contribution in [-0.4, -0.2) is 84.1 Å². The third-order valence-electron chi connectivity index (χ3n) is 9.31. The smallest absolute Gasteiger partial charge is 0.319 e. The number of tetrazole rings is 1. The summed E-state index contributed by atoms with van der Waals surface area (Å²) in [7, 11) is 0. The molecular weight excluding hydrogens is 735 g/mol. The number of aromatic nitrogens is 4. The van der Waals surface area contributed by atoms with Gasteiger partial charge in [-0.3, -0.25) is 24.2 Å². The van der Waals surface area contributed by atoms with Crippen molar-refractivity contribution in [1.29, 1.82) is 0 Å². The van der Waals surface area contributed by atoms with E-state index in [1.807, 2.05) is 91.0 Å². The summed E-state index contributed by atoms with van der Waals surface area (Å²) < 4.78 is 7.37. The number of anilines is 1. The van der Waals surface area contributed by atoms with E-state index in [4.69, 9.17) is 4.74 Å². The predicted octanol–water partition coefficient (Wildman–Crippen LogP) is 5.08. The molecule has 3 atom stereocenters. The molecule has 2 aliphatic heterocycles. The highest BCUT2D eigenvalue weighted by atomic mass is 32.2. The molecule has 15 nitrogen and oxygen atoms in total. The Morgan fingerprint density at radius 2 is 1.52 bits per heavy atom. The molecule has 2 aliphatic rings. The summed E-state index contributed by atoms with van der Waals surface area (Å²) >= 11 is 1.19. The Labute approximate surface area is 326 Å². The number of thioether (sulfide) groups is 1. The quantitative estimate of drug-likeness (QED) is 0.137. The minimum Gasteiger partial charge on any atom is -0.457 e. The number of ketones is 1. The van der Waals surface area contributed by atoms with E-state index in [0.29, 0.717) is 34.3 Å². The molecule has 4 aromatic carbocycles. The fourth-order valence-electron chi connectivity index (χ4n) is 6.60. The number of ether oxygens (including phenoxy) is 1. The van der Waals surface area contributed by atoms with Gasteiger partial charge in [0.25, 0.3) is 5.91 Å². The van der Waals surface area contributed by atoms with Crippen molar-refractivity contribution in [3.05, 3.63) is 121 Å². The molecule has 0 aliphatic carbocycles. The largest absolute Gasteiger partial charge is 0.457 e. The van der Waals surface area contributed by atoms with Crippen LogP contribution in [0.2, 0.25) is 0 Å². The van der Waals surface area contributed by atoms with Crippen LogP contribution in [0.3, 0.4) is 0 Å². The summed E-state index contributed by atoms with van der Waals surface area (Å²) in [4.78, 5) is 68.2. The number of Topliss-reactive ketones (excluding diaryl/α,β-unsaturated/α-hetero) is 1. The molecule has 286 valence electrons. The Morgan fingerprint density at radius 1 is 0.839 bits per heavy atom. The highest BCUT2D eigenvalue weighted by Crippen LogP contribution is 2.28. The number of hydrogen-bond donors (Lipinski definition) is 3. The number of carbonyl (C=O) groups is 5. The van der Waals surface area contributed by atoms with Gasteiger partial charge in [0.05, 0.1) is 17.5 Å². The minimum absolute atomic E-state index is 0.000586. The zero-order valence-electron chi connectivity index (χ0n) is 30.2. The zero-order valence-corrected chi connectivity index (χ0v) is 31.0. The van der Waals surface area contributed by atoms with E-state index in [1.165, 1.54) is 21.8 Å². The molecule has 2 saturated heterocycles. The summed E-state index contributed by atoms with van der Waals surface area (Å²) in [5.74, 6) is -0.272.